The number of halogens is 3. The van der Waals surface area contributed by atoms with Crippen LogP contribution >= 0.6 is 11.3 Å². The van der Waals surface area contributed by atoms with E-state index in [0.717, 1.165) is 47.2 Å². The Kier molecular flexibility index (Phi) is 6.96. The van der Waals surface area contributed by atoms with Gasteiger partial charge in [0.25, 0.3) is 0 Å². The standard InChI is InChI=1S/C28H23F3N4O3S/c1-16-12-18(14-21(13-16)34-26-32-11-10-23(35-26)28(29,30)31)22-15-33-25(39-22)27(38,20-7-8-20)19-5-2-17(3-6-19)4-9-24(36)37/h2-6,9-15,20,38H,7-8H2,1H3,(H,36,37)(H,32,34,35)/b9-4+. The van der Waals surface area contributed by atoms with Crippen molar-refractivity contribution in [3.8, 4) is 10.4 Å². The van der Waals surface area contributed by atoms with Gasteiger partial charge in [0.15, 0.2) is 0 Å². The minimum atomic E-state index is -4.58. The number of carboxylic acid groups (broad SMARTS) is 1. The molecule has 0 radical (unpaired) electrons. The molecule has 3 N–H and O–H groups in total. The van der Waals surface area contributed by atoms with Gasteiger partial charge in [-0.25, -0.2) is 19.7 Å². The van der Waals surface area contributed by atoms with Crippen molar-refractivity contribution in [3.05, 3.63) is 94.4 Å². The Hall–Kier alpha value is -4.09. The lowest BCUT2D eigenvalue weighted by molar-refractivity contribution is -0.141. The summed E-state index contributed by atoms with van der Waals surface area (Å²) in [5.74, 6) is -1.21. The lowest BCUT2D eigenvalue weighted by Crippen LogP contribution is -2.29. The maximum Gasteiger partial charge on any atom is 0.433 e. The maximum absolute atomic E-state index is 13.1. The van der Waals surface area contributed by atoms with Crippen LogP contribution in [-0.4, -0.2) is 31.1 Å². The van der Waals surface area contributed by atoms with Gasteiger partial charge in [-0.05, 0) is 72.2 Å². The molecular weight excluding hydrogens is 529 g/mol. The van der Waals surface area contributed by atoms with Gasteiger partial charge in [0.1, 0.15) is 16.3 Å². The molecule has 0 aliphatic heterocycles. The molecule has 11 heteroatoms. The molecule has 0 saturated heterocycles. The van der Waals surface area contributed by atoms with Crippen LogP contribution in [0.1, 0.15) is 40.2 Å². The summed E-state index contributed by atoms with van der Waals surface area (Å²) in [6, 6.07) is 13.4. The summed E-state index contributed by atoms with van der Waals surface area (Å²) in [5.41, 5.74) is 1.19. The van der Waals surface area contributed by atoms with Crippen molar-refractivity contribution in [2.45, 2.75) is 31.5 Å². The quantitative estimate of drug-likeness (QED) is 0.217. The summed E-state index contributed by atoms with van der Waals surface area (Å²) in [5, 5.41) is 24.1. The van der Waals surface area contributed by atoms with Gasteiger partial charge in [-0.1, -0.05) is 30.3 Å². The average Bonchev–Trinajstić information content (AvgIpc) is 3.63. The second kappa shape index (κ2) is 10.2. The van der Waals surface area contributed by atoms with Crippen LogP contribution in [0.25, 0.3) is 16.5 Å². The number of rotatable bonds is 8. The first-order chi connectivity index (χ1) is 18.5. The predicted octanol–water partition coefficient (Wildman–Crippen LogP) is 6.41. The van der Waals surface area contributed by atoms with E-state index in [-0.39, 0.29) is 11.9 Å². The Bertz CT molecular complexity index is 1550. The topological polar surface area (TPSA) is 108 Å². The third-order valence-corrected chi connectivity index (χ3v) is 7.50. The van der Waals surface area contributed by atoms with Crippen molar-refractivity contribution in [1.29, 1.82) is 0 Å². The van der Waals surface area contributed by atoms with Gasteiger partial charge in [0, 0.05) is 24.2 Å². The summed E-state index contributed by atoms with van der Waals surface area (Å²) in [7, 11) is 0. The van der Waals surface area contributed by atoms with E-state index < -0.39 is 23.4 Å². The van der Waals surface area contributed by atoms with Crippen molar-refractivity contribution < 1.29 is 28.2 Å². The van der Waals surface area contributed by atoms with Gasteiger partial charge in [0.05, 0.1) is 4.88 Å². The number of carbonyl (C=O) groups is 1. The van der Waals surface area contributed by atoms with Gasteiger partial charge in [-0.2, -0.15) is 13.2 Å². The number of aliphatic carboxylic acids is 1. The zero-order valence-electron chi connectivity index (χ0n) is 20.6. The van der Waals surface area contributed by atoms with Gasteiger partial charge >= 0.3 is 12.1 Å². The fourth-order valence-electron chi connectivity index (χ4n) is 4.34. The van der Waals surface area contributed by atoms with E-state index >= 15 is 0 Å². The summed E-state index contributed by atoms with van der Waals surface area (Å²) < 4.78 is 39.2. The Labute approximate surface area is 225 Å². The molecule has 200 valence electrons. The van der Waals surface area contributed by atoms with Crippen molar-refractivity contribution in [2.75, 3.05) is 5.32 Å². The highest BCUT2D eigenvalue weighted by molar-refractivity contribution is 7.15. The number of nitrogens with one attached hydrogen (secondary N) is 1. The van der Waals surface area contributed by atoms with Crippen molar-refractivity contribution in [2.24, 2.45) is 5.92 Å². The van der Waals surface area contributed by atoms with Crippen LogP contribution in [0.15, 0.2) is 67.0 Å². The molecule has 4 aromatic rings. The lowest BCUT2D eigenvalue weighted by Gasteiger charge is -2.26. The highest BCUT2D eigenvalue weighted by atomic mass is 32.1. The monoisotopic (exact) mass is 552 g/mol. The molecule has 1 unspecified atom stereocenters. The molecule has 2 aromatic carbocycles. The summed E-state index contributed by atoms with van der Waals surface area (Å²) in [6.07, 6.45) is 2.39. The third-order valence-electron chi connectivity index (χ3n) is 6.33. The number of hydrogen-bond donors (Lipinski definition) is 3. The number of aryl methyl sites for hydroxylation is 1. The van der Waals surface area contributed by atoms with Crippen LogP contribution in [0.5, 0.6) is 0 Å². The molecule has 0 bridgehead atoms. The highest BCUT2D eigenvalue weighted by Gasteiger charge is 2.48. The van der Waals surface area contributed by atoms with E-state index in [1.54, 1.807) is 42.6 Å². The first kappa shape index (κ1) is 26.5. The number of thiazole rings is 1. The van der Waals surface area contributed by atoms with Gasteiger partial charge in [-0.15, -0.1) is 11.3 Å². The number of nitrogens with zero attached hydrogens (tertiary/aromatic N) is 3. The number of alkyl halides is 3. The minimum absolute atomic E-state index is 0.00436. The lowest BCUT2D eigenvalue weighted by atomic mass is 9.89. The minimum Gasteiger partial charge on any atom is -0.478 e. The van der Waals surface area contributed by atoms with Gasteiger partial charge in [0.2, 0.25) is 5.95 Å². The van der Waals surface area contributed by atoms with E-state index in [9.17, 15) is 23.1 Å². The fourth-order valence-corrected chi connectivity index (χ4v) is 5.43. The molecule has 1 aliphatic carbocycles. The smallest absolute Gasteiger partial charge is 0.433 e. The van der Waals surface area contributed by atoms with E-state index in [2.05, 4.69) is 20.3 Å². The van der Waals surface area contributed by atoms with Crippen LogP contribution in [0, 0.1) is 12.8 Å². The molecule has 39 heavy (non-hydrogen) atoms. The van der Waals surface area contributed by atoms with Gasteiger partial charge < -0.3 is 15.5 Å². The van der Waals surface area contributed by atoms with Crippen molar-refractivity contribution in [3.63, 3.8) is 0 Å². The normalized spacial score (nSPS) is 15.3. The summed E-state index contributed by atoms with van der Waals surface area (Å²) in [6.45, 7) is 1.87. The molecule has 2 aromatic heterocycles. The van der Waals surface area contributed by atoms with E-state index in [1.807, 2.05) is 13.0 Å². The number of benzene rings is 2. The van der Waals surface area contributed by atoms with Crippen LogP contribution in [0.3, 0.4) is 0 Å². The zero-order chi connectivity index (χ0) is 27.8. The number of carboxylic acids is 1. The molecule has 7 nitrogen and oxygen atoms in total. The van der Waals surface area contributed by atoms with E-state index in [4.69, 9.17) is 5.11 Å². The van der Waals surface area contributed by atoms with E-state index in [1.165, 1.54) is 17.4 Å². The first-order valence-corrected chi connectivity index (χ1v) is 12.8. The van der Waals surface area contributed by atoms with Crippen LogP contribution in [0.2, 0.25) is 0 Å². The maximum atomic E-state index is 13.1. The Morgan fingerprint density at radius 2 is 1.85 bits per heavy atom. The number of anilines is 2. The molecule has 1 aliphatic rings. The van der Waals surface area contributed by atoms with Crippen molar-refractivity contribution >= 4 is 35.0 Å². The first-order valence-electron chi connectivity index (χ1n) is 12.0. The van der Waals surface area contributed by atoms with Crippen molar-refractivity contribution in [1.82, 2.24) is 15.0 Å². The van der Waals surface area contributed by atoms with Crippen LogP contribution < -0.4 is 5.32 Å². The molecule has 5 rings (SSSR count). The second-order valence-electron chi connectivity index (χ2n) is 9.34. The Morgan fingerprint density at radius 3 is 2.51 bits per heavy atom. The largest absolute Gasteiger partial charge is 0.478 e. The zero-order valence-corrected chi connectivity index (χ0v) is 21.4. The van der Waals surface area contributed by atoms with Crippen LogP contribution in [-0.2, 0) is 16.6 Å². The average molecular weight is 553 g/mol. The molecule has 1 saturated carbocycles. The predicted molar refractivity (Wildman–Crippen MR) is 141 cm³/mol. The number of aromatic nitrogens is 3. The number of aliphatic hydroxyl groups is 1. The fraction of sp³-hybridized carbons (Fsp3) is 0.214. The second-order valence-corrected chi connectivity index (χ2v) is 10.4. The summed E-state index contributed by atoms with van der Waals surface area (Å²) in [4.78, 5) is 23.6. The Morgan fingerprint density at radius 1 is 1.10 bits per heavy atom. The molecule has 0 spiro atoms. The molecule has 1 fully saturated rings. The van der Waals surface area contributed by atoms with E-state index in [0.29, 0.717) is 21.8 Å². The van der Waals surface area contributed by atoms with Gasteiger partial charge in [-0.3, -0.25) is 0 Å². The number of hydrogen-bond acceptors (Lipinski definition) is 7. The molecule has 1 atom stereocenters. The third kappa shape index (κ3) is 5.84. The summed E-state index contributed by atoms with van der Waals surface area (Å²) >= 11 is 1.34. The molecular formula is C28H23F3N4O3S. The Balaban J connectivity index is 1.43. The highest BCUT2D eigenvalue weighted by Crippen LogP contribution is 2.51. The van der Waals surface area contributed by atoms with Crippen LogP contribution in [0.4, 0.5) is 24.8 Å². The molecule has 2 heterocycles. The molecule has 0 amide bonds. The SMILES string of the molecule is Cc1cc(Nc2nccc(C(F)(F)F)n2)cc(-c2cnc(C(O)(c3ccc(/C=C/C(=O)O)cc3)C3CC3)s2)c1.